The molecule has 1 heterocycles. The summed E-state index contributed by atoms with van der Waals surface area (Å²) in [6, 6.07) is 0. The zero-order valence-electron chi connectivity index (χ0n) is 11.1. The maximum absolute atomic E-state index is 11.3. The highest BCUT2D eigenvalue weighted by Gasteiger charge is 2.08. The van der Waals surface area contributed by atoms with Crippen molar-refractivity contribution >= 4 is 23.8 Å². The molecule has 100 valence electrons. The van der Waals surface area contributed by atoms with Gasteiger partial charge in [0.1, 0.15) is 0 Å². The van der Waals surface area contributed by atoms with Gasteiger partial charge in [0.05, 0.1) is 6.54 Å². The largest absolute Gasteiger partial charge is 0.357 e. The molecule has 1 aromatic rings. The van der Waals surface area contributed by atoms with E-state index in [2.05, 4.69) is 30.9 Å². The van der Waals surface area contributed by atoms with E-state index in [1.165, 1.54) is 0 Å². The number of aromatic nitrogens is 3. The number of nitrogens with one attached hydrogen (secondary N) is 3. The molecule has 0 aliphatic carbocycles. The third-order valence-electron chi connectivity index (χ3n) is 2.03. The van der Waals surface area contributed by atoms with Gasteiger partial charge in [-0.05, 0) is 6.92 Å². The Morgan fingerprint density at radius 3 is 2.44 bits per heavy atom. The molecule has 0 bridgehead atoms. The second kappa shape index (κ2) is 6.58. The van der Waals surface area contributed by atoms with Crippen molar-refractivity contribution in [2.24, 2.45) is 0 Å². The quantitative estimate of drug-likeness (QED) is 0.630. The summed E-state index contributed by atoms with van der Waals surface area (Å²) in [5.74, 6) is 1.24. The lowest BCUT2D eigenvalue weighted by atomic mass is 10.5. The SMILES string of the molecule is CCNC(=O)CNc1nc(NC)nc(N(C)C)n1. The van der Waals surface area contributed by atoms with Gasteiger partial charge >= 0.3 is 0 Å². The summed E-state index contributed by atoms with van der Waals surface area (Å²) in [6.45, 7) is 2.60. The highest BCUT2D eigenvalue weighted by atomic mass is 16.1. The number of rotatable bonds is 6. The molecular weight excluding hydrogens is 234 g/mol. The van der Waals surface area contributed by atoms with E-state index in [1.807, 2.05) is 21.0 Å². The Morgan fingerprint density at radius 1 is 1.22 bits per heavy atom. The van der Waals surface area contributed by atoms with E-state index in [0.717, 1.165) is 0 Å². The summed E-state index contributed by atoms with van der Waals surface area (Å²) in [5.41, 5.74) is 0. The smallest absolute Gasteiger partial charge is 0.239 e. The van der Waals surface area contributed by atoms with Crippen LogP contribution in [0.5, 0.6) is 0 Å². The molecule has 0 aliphatic heterocycles. The number of likely N-dealkylation sites (N-methyl/N-ethyl adjacent to an activating group) is 1. The fourth-order valence-electron chi connectivity index (χ4n) is 1.17. The zero-order chi connectivity index (χ0) is 13.5. The number of carbonyl (C=O) groups is 1. The normalized spacial score (nSPS) is 9.78. The Balaban J connectivity index is 2.75. The first-order chi connectivity index (χ1) is 8.56. The van der Waals surface area contributed by atoms with Crippen molar-refractivity contribution in [3.63, 3.8) is 0 Å². The Hall–Kier alpha value is -2.12. The minimum absolute atomic E-state index is 0.102. The van der Waals surface area contributed by atoms with E-state index >= 15 is 0 Å². The zero-order valence-corrected chi connectivity index (χ0v) is 11.1. The van der Waals surface area contributed by atoms with Gasteiger partial charge in [0.15, 0.2) is 0 Å². The topological polar surface area (TPSA) is 95.1 Å². The average Bonchev–Trinajstić information content (AvgIpc) is 2.36. The van der Waals surface area contributed by atoms with E-state index in [4.69, 9.17) is 0 Å². The fraction of sp³-hybridized carbons (Fsp3) is 0.600. The van der Waals surface area contributed by atoms with Crippen LogP contribution in [0.1, 0.15) is 6.92 Å². The molecule has 0 aliphatic rings. The van der Waals surface area contributed by atoms with Crippen LogP contribution in [0.2, 0.25) is 0 Å². The van der Waals surface area contributed by atoms with Gasteiger partial charge in [0, 0.05) is 27.7 Å². The lowest BCUT2D eigenvalue weighted by Gasteiger charge is -2.13. The second-order valence-corrected chi connectivity index (χ2v) is 3.73. The van der Waals surface area contributed by atoms with E-state index in [9.17, 15) is 4.79 Å². The van der Waals surface area contributed by atoms with Crippen LogP contribution in [0, 0.1) is 0 Å². The first-order valence-electron chi connectivity index (χ1n) is 5.68. The summed E-state index contributed by atoms with van der Waals surface area (Å²) in [5, 5.41) is 8.39. The van der Waals surface area contributed by atoms with Gasteiger partial charge in [-0.2, -0.15) is 15.0 Å². The van der Waals surface area contributed by atoms with E-state index in [-0.39, 0.29) is 12.5 Å². The van der Waals surface area contributed by atoms with Gasteiger partial charge in [-0.15, -0.1) is 0 Å². The molecular formula is C10H19N7O. The molecule has 18 heavy (non-hydrogen) atoms. The van der Waals surface area contributed by atoms with Crippen LogP contribution in [0.25, 0.3) is 0 Å². The maximum atomic E-state index is 11.3. The Bertz CT molecular complexity index is 407. The molecule has 1 aromatic heterocycles. The molecule has 0 saturated heterocycles. The van der Waals surface area contributed by atoms with E-state index < -0.39 is 0 Å². The summed E-state index contributed by atoms with van der Waals surface area (Å²) in [4.78, 5) is 25.6. The van der Waals surface area contributed by atoms with Gasteiger partial charge in [0.2, 0.25) is 23.8 Å². The Labute approximate surface area is 106 Å². The van der Waals surface area contributed by atoms with Crippen LogP contribution in [0.3, 0.4) is 0 Å². The fourth-order valence-corrected chi connectivity index (χ4v) is 1.17. The van der Waals surface area contributed by atoms with Gasteiger partial charge in [-0.1, -0.05) is 0 Å². The molecule has 0 spiro atoms. The molecule has 0 saturated carbocycles. The predicted molar refractivity (Wildman–Crippen MR) is 70.9 cm³/mol. The third kappa shape index (κ3) is 4.04. The standard InChI is InChI=1S/C10H19N7O/c1-5-12-7(18)6-13-9-14-8(11-2)15-10(16-9)17(3)4/h5-6H2,1-4H3,(H,12,18)(H2,11,13,14,15,16). The summed E-state index contributed by atoms with van der Waals surface area (Å²) >= 11 is 0. The van der Waals surface area contributed by atoms with Crippen molar-refractivity contribution in [1.82, 2.24) is 20.3 Å². The van der Waals surface area contributed by atoms with Gasteiger partial charge < -0.3 is 20.9 Å². The Kier molecular flexibility index (Phi) is 5.09. The molecule has 1 rings (SSSR count). The van der Waals surface area contributed by atoms with E-state index in [0.29, 0.717) is 24.4 Å². The summed E-state index contributed by atoms with van der Waals surface area (Å²) in [6.07, 6.45) is 0. The predicted octanol–water partition coefficient (Wildman–Crippen LogP) is -0.473. The molecule has 8 nitrogen and oxygen atoms in total. The van der Waals surface area contributed by atoms with Crippen LogP contribution < -0.4 is 20.9 Å². The van der Waals surface area contributed by atoms with Crippen molar-refractivity contribution in [2.45, 2.75) is 6.92 Å². The van der Waals surface area contributed by atoms with Crippen LogP contribution in [-0.4, -0.2) is 55.1 Å². The minimum Gasteiger partial charge on any atom is -0.357 e. The number of carbonyl (C=O) groups excluding carboxylic acids is 1. The van der Waals surface area contributed by atoms with Gasteiger partial charge in [-0.3, -0.25) is 4.79 Å². The van der Waals surface area contributed by atoms with E-state index in [1.54, 1.807) is 11.9 Å². The number of nitrogens with zero attached hydrogens (tertiary/aromatic N) is 4. The lowest BCUT2D eigenvalue weighted by Crippen LogP contribution is -2.30. The van der Waals surface area contributed by atoms with Crippen LogP contribution in [0.15, 0.2) is 0 Å². The molecule has 0 radical (unpaired) electrons. The van der Waals surface area contributed by atoms with Crippen LogP contribution in [-0.2, 0) is 4.79 Å². The minimum atomic E-state index is -0.102. The maximum Gasteiger partial charge on any atom is 0.239 e. The lowest BCUT2D eigenvalue weighted by molar-refractivity contribution is -0.119. The molecule has 0 fully saturated rings. The number of anilines is 3. The van der Waals surface area contributed by atoms with Crippen molar-refractivity contribution in [3.05, 3.63) is 0 Å². The highest BCUT2D eigenvalue weighted by molar-refractivity contribution is 5.80. The molecule has 0 unspecified atom stereocenters. The average molecular weight is 253 g/mol. The molecule has 1 amide bonds. The van der Waals surface area contributed by atoms with Crippen molar-refractivity contribution in [3.8, 4) is 0 Å². The van der Waals surface area contributed by atoms with Gasteiger partial charge in [0.25, 0.3) is 0 Å². The first kappa shape index (κ1) is 13.9. The summed E-state index contributed by atoms with van der Waals surface area (Å²) in [7, 11) is 5.40. The van der Waals surface area contributed by atoms with Crippen molar-refractivity contribution in [1.29, 1.82) is 0 Å². The molecule has 0 atom stereocenters. The second-order valence-electron chi connectivity index (χ2n) is 3.73. The van der Waals surface area contributed by atoms with Crippen LogP contribution >= 0.6 is 0 Å². The number of hydrogen-bond donors (Lipinski definition) is 3. The van der Waals surface area contributed by atoms with Crippen molar-refractivity contribution < 1.29 is 4.79 Å². The van der Waals surface area contributed by atoms with Crippen LogP contribution in [0.4, 0.5) is 17.8 Å². The first-order valence-corrected chi connectivity index (χ1v) is 5.68. The number of amides is 1. The third-order valence-corrected chi connectivity index (χ3v) is 2.03. The van der Waals surface area contributed by atoms with Gasteiger partial charge in [-0.25, -0.2) is 0 Å². The highest BCUT2D eigenvalue weighted by Crippen LogP contribution is 2.10. The molecule has 0 aromatic carbocycles. The monoisotopic (exact) mass is 253 g/mol. The summed E-state index contributed by atoms with van der Waals surface area (Å²) < 4.78 is 0. The Morgan fingerprint density at radius 2 is 1.89 bits per heavy atom. The van der Waals surface area contributed by atoms with Crippen molar-refractivity contribution in [2.75, 3.05) is 49.8 Å². The molecule has 8 heteroatoms. The number of hydrogen-bond acceptors (Lipinski definition) is 7. The molecule has 3 N–H and O–H groups in total.